The largest absolute Gasteiger partial charge is 0.547 e. The maximum absolute atomic E-state index is 11.1. The van der Waals surface area contributed by atoms with E-state index in [1.54, 1.807) is 6.92 Å². The number of allylic oxidation sites excluding steroid dienone is 1. The molecule has 0 N–H and O–H groups in total. The molecule has 0 aromatic carbocycles. The van der Waals surface area contributed by atoms with Gasteiger partial charge in [-0.25, -0.2) is 4.79 Å². The van der Waals surface area contributed by atoms with Gasteiger partial charge in [0.05, 0.1) is 11.8 Å². The predicted molar refractivity (Wildman–Crippen MR) is 59.3 cm³/mol. The second kappa shape index (κ2) is 5.65. The summed E-state index contributed by atoms with van der Waals surface area (Å²) in [6, 6.07) is 0. The monoisotopic (exact) mass is 214 g/mol. The molecule has 0 heterocycles. The van der Waals surface area contributed by atoms with Crippen LogP contribution in [-0.4, -0.2) is 20.9 Å². The average molecular weight is 214 g/mol. The van der Waals surface area contributed by atoms with Crippen LogP contribution in [-0.2, 0) is 14.0 Å². The Kier molecular flexibility index (Phi) is 5.23. The van der Waals surface area contributed by atoms with E-state index in [9.17, 15) is 4.79 Å². The molecule has 0 radical (unpaired) electrons. The summed E-state index contributed by atoms with van der Waals surface area (Å²) in [5, 5.41) is 0. The minimum absolute atomic E-state index is 0.232. The number of carbonyl (C=O) groups excluding carboxylic acids is 1. The van der Waals surface area contributed by atoms with Gasteiger partial charge in [0.15, 0.2) is 0 Å². The van der Waals surface area contributed by atoms with Crippen LogP contribution in [0.4, 0.5) is 0 Å². The number of rotatable bonds is 5. The van der Waals surface area contributed by atoms with Crippen LogP contribution in [0.15, 0.2) is 24.5 Å². The molecule has 14 heavy (non-hydrogen) atoms. The average Bonchev–Trinajstić information content (AvgIpc) is 1.96. The van der Waals surface area contributed by atoms with E-state index in [1.165, 1.54) is 12.2 Å². The van der Waals surface area contributed by atoms with E-state index in [-0.39, 0.29) is 12.6 Å². The van der Waals surface area contributed by atoms with Crippen LogP contribution in [0.5, 0.6) is 0 Å². The molecule has 4 heteroatoms. The number of hydrogen-bond acceptors (Lipinski definition) is 3. The lowest BCUT2D eigenvalue weighted by molar-refractivity contribution is -0.136. The zero-order valence-electron chi connectivity index (χ0n) is 9.29. The summed E-state index contributed by atoms with van der Waals surface area (Å²) in [4.78, 5) is 11.1. The van der Waals surface area contributed by atoms with Crippen molar-refractivity contribution in [1.82, 2.24) is 0 Å². The molecular formula is C10H18O3Si. The highest BCUT2D eigenvalue weighted by molar-refractivity contribution is 6.70. The van der Waals surface area contributed by atoms with Crippen LogP contribution in [0.2, 0.25) is 19.6 Å². The van der Waals surface area contributed by atoms with Crippen molar-refractivity contribution in [3.8, 4) is 0 Å². The Morgan fingerprint density at radius 1 is 1.43 bits per heavy atom. The molecule has 0 saturated carbocycles. The van der Waals surface area contributed by atoms with Crippen molar-refractivity contribution in [3.63, 3.8) is 0 Å². The topological polar surface area (TPSA) is 35.5 Å². The summed E-state index contributed by atoms with van der Waals surface area (Å²) in [6.45, 7) is 11.6. The highest BCUT2D eigenvalue weighted by atomic mass is 28.4. The van der Waals surface area contributed by atoms with Gasteiger partial charge in [-0.05, 0) is 26.6 Å². The van der Waals surface area contributed by atoms with E-state index in [4.69, 9.17) is 9.16 Å². The van der Waals surface area contributed by atoms with Crippen molar-refractivity contribution < 1.29 is 14.0 Å². The Labute approximate surface area is 86.5 Å². The first kappa shape index (κ1) is 13.0. The summed E-state index contributed by atoms with van der Waals surface area (Å²) in [5.74, 6) is 0.221. The highest BCUT2D eigenvalue weighted by Gasteiger charge is 2.16. The van der Waals surface area contributed by atoms with Crippen molar-refractivity contribution in [3.05, 3.63) is 24.5 Å². The molecule has 0 aliphatic carbocycles. The minimum atomic E-state index is -1.61. The van der Waals surface area contributed by atoms with Gasteiger partial charge in [-0.2, -0.15) is 0 Å². The predicted octanol–water partition coefficient (Wildman–Crippen LogP) is 2.47. The third kappa shape index (κ3) is 7.61. The fraction of sp³-hybridized carbons (Fsp3) is 0.500. The third-order valence-corrected chi connectivity index (χ3v) is 2.07. The van der Waals surface area contributed by atoms with E-state index < -0.39 is 8.32 Å². The van der Waals surface area contributed by atoms with E-state index in [1.807, 2.05) is 0 Å². The summed E-state index contributed by atoms with van der Waals surface area (Å²) in [5.41, 5.74) is 0. The van der Waals surface area contributed by atoms with Crippen LogP contribution in [0.3, 0.4) is 0 Å². The Morgan fingerprint density at radius 3 is 2.43 bits per heavy atom. The van der Waals surface area contributed by atoms with Crippen molar-refractivity contribution in [1.29, 1.82) is 0 Å². The SMILES string of the molecule is C=CCOC(=O)/C=C(\C)O[Si](C)(C)C. The molecule has 0 amide bonds. The van der Waals surface area contributed by atoms with Crippen molar-refractivity contribution in [2.75, 3.05) is 6.61 Å². The molecule has 0 atom stereocenters. The fourth-order valence-corrected chi connectivity index (χ4v) is 1.89. The zero-order chi connectivity index (χ0) is 11.2. The van der Waals surface area contributed by atoms with Gasteiger partial charge in [-0.3, -0.25) is 0 Å². The highest BCUT2D eigenvalue weighted by Crippen LogP contribution is 2.09. The lowest BCUT2D eigenvalue weighted by Gasteiger charge is -2.19. The Balaban J connectivity index is 4.09. The summed E-state index contributed by atoms with van der Waals surface area (Å²) in [6.07, 6.45) is 2.89. The maximum atomic E-state index is 11.1. The van der Waals surface area contributed by atoms with E-state index in [0.717, 1.165) is 0 Å². The molecular weight excluding hydrogens is 196 g/mol. The molecule has 0 aromatic heterocycles. The normalized spacial score (nSPS) is 12.1. The van der Waals surface area contributed by atoms with Gasteiger partial charge in [-0.1, -0.05) is 12.7 Å². The van der Waals surface area contributed by atoms with Crippen molar-refractivity contribution >= 4 is 14.3 Å². The number of esters is 1. The first-order valence-corrected chi connectivity index (χ1v) is 7.91. The third-order valence-electron chi connectivity index (χ3n) is 1.13. The Bertz CT molecular complexity index is 238. The first-order chi connectivity index (χ1) is 6.35. The van der Waals surface area contributed by atoms with Crippen molar-refractivity contribution in [2.45, 2.75) is 26.6 Å². The van der Waals surface area contributed by atoms with Crippen LogP contribution in [0, 0.1) is 0 Å². The number of carbonyl (C=O) groups is 1. The second-order valence-corrected chi connectivity index (χ2v) is 8.32. The molecule has 0 fully saturated rings. The maximum Gasteiger partial charge on any atom is 0.334 e. The quantitative estimate of drug-likeness (QED) is 0.232. The molecule has 0 bridgehead atoms. The number of hydrogen-bond donors (Lipinski definition) is 0. The zero-order valence-corrected chi connectivity index (χ0v) is 10.3. The van der Waals surface area contributed by atoms with Crippen molar-refractivity contribution in [2.24, 2.45) is 0 Å². The smallest absolute Gasteiger partial charge is 0.334 e. The van der Waals surface area contributed by atoms with Gasteiger partial charge < -0.3 is 9.16 Å². The molecule has 0 saturated heterocycles. The van der Waals surface area contributed by atoms with Gasteiger partial charge in [-0.15, -0.1) is 0 Å². The van der Waals surface area contributed by atoms with Crippen LogP contribution in [0.25, 0.3) is 0 Å². The lowest BCUT2D eigenvalue weighted by Crippen LogP contribution is -2.24. The van der Waals surface area contributed by atoms with Gasteiger partial charge in [0.25, 0.3) is 0 Å². The summed E-state index contributed by atoms with van der Waals surface area (Å²) >= 11 is 0. The molecule has 0 aliphatic heterocycles. The summed E-state index contributed by atoms with van der Waals surface area (Å²) in [7, 11) is -1.61. The van der Waals surface area contributed by atoms with Crippen LogP contribution >= 0.6 is 0 Å². The van der Waals surface area contributed by atoms with Gasteiger partial charge in [0, 0.05) is 0 Å². The molecule has 0 unspecified atom stereocenters. The molecule has 0 aromatic rings. The lowest BCUT2D eigenvalue weighted by atomic mass is 10.5. The van der Waals surface area contributed by atoms with E-state index in [2.05, 4.69) is 26.2 Å². The second-order valence-electron chi connectivity index (χ2n) is 3.89. The first-order valence-electron chi connectivity index (χ1n) is 4.50. The molecule has 80 valence electrons. The fourth-order valence-electron chi connectivity index (χ4n) is 0.861. The van der Waals surface area contributed by atoms with Gasteiger partial charge in [0.2, 0.25) is 8.32 Å². The Hall–Kier alpha value is -1.03. The minimum Gasteiger partial charge on any atom is -0.547 e. The standard InChI is InChI=1S/C10H18O3Si/c1-6-7-12-10(11)8-9(2)13-14(3,4)5/h6,8H,1,7H2,2-5H3/b9-8+. The van der Waals surface area contributed by atoms with E-state index in [0.29, 0.717) is 5.76 Å². The number of ether oxygens (including phenoxy) is 1. The van der Waals surface area contributed by atoms with Gasteiger partial charge in [0.1, 0.15) is 6.61 Å². The van der Waals surface area contributed by atoms with Crippen LogP contribution < -0.4 is 0 Å². The molecule has 0 aliphatic rings. The molecule has 3 nitrogen and oxygen atoms in total. The molecule has 0 rings (SSSR count). The Morgan fingerprint density at radius 2 is 2.00 bits per heavy atom. The van der Waals surface area contributed by atoms with Crippen LogP contribution in [0.1, 0.15) is 6.92 Å². The van der Waals surface area contributed by atoms with E-state index >= 15 is 0 Å². The molecule has 0 spiro atoms. The van der Waals surface area contributed by atoms with Gasteiger partial charge >= 0.3 is 5.97 Å². The summed E-state index contributed by atoms with van der Waals surface area (Å²) < 4.78 is 10.3.